The second-order valence-electron chi connectivity index (χ2n) is 4.69. The summed E-state index contributed by atoms with van der Waals surface area (Å²) in [6.45, 7) is 5.99. The van der Waals surface area contributed by atoms with Crippen molar-refractivity contribution < 1.29 is 9.26 Å². The van der Waals surface area contributed by atoms with Gasteiger partial charge in [0.05, 0.1) is 12.3 Å². The smallest absolute Gasteiger partial charge is 0.248 e. The Hall–Kier alpha value is -1.69. The molecule has 1 aliphatic rings. The first-order valence-corrected chi connectivity index (χ1v) is 6.13. The molecule has 96 valence electrons. The Bertz CT molecular complexity index is 540. The zero-order valence-electron chi connectivity index (χ0n) is 10.6. The summed E-state index contributed by atoms with van der Waals surface area (Å²) in [5.74, 6) is 1.63. The van der Waals surface area contributed by atoms with Crippen molar-refractivity contribution in [1.82, 2.24) is 19.9 Å². The second-order valence-corrected chi connectivity index (χ2v) is 4.69. The van der Waals surface area contributed by atoms with Gasteiger partial charge in [-0.1, -0.05) is 5.16 Å². The van der Waals surface area contributed by atoms with Crippen molar-refractivity contribution in [2.45, 2.75) is 32.7 Å². The van der Waals surface area contributed by atoms with Gasteiger partial charge in [-0.2, -0.15) is 10.1 Å². The molecule has 3 rings (SSSR count). The Morgan fingerprint density at radius 1 is 1.44 bits per heavy atom. The molecule has 0 N–H and O–H groups in total. The standard InChI is InChI=1S/C12H16N4O2/c1-8-5-9(2)16(14-8)6-11-13-12(15-18-11)10-3-4-17-7-10/h5,10H,3-4,6-7H2,1-2H3/t10-/m1/s1. The largest absolute Gasteiger partial charge is 0.381 e. The molecule has 0 saturated carbocycles. The molecule has 18 heavy (non-hydrogen) atoms. The minimum Gasteiger partial charge on any atom is -0.381 e. The molecular formula is C12H16N4O2. The van der Waals surface area contributed by atoms with Crippen LogP contribution in [0.15, 0.2) is 10.6 Å². The maximum Gasteiger partial charge on any atom is 0.248 e. The highest BCUT2D eigenvalue weighted by Crippen LogP contribution is 2.22. The van der Waals surface area contributed by atoms with E-state index in [0.29, 0.717) is 19.0 Å². The van der Waals surface area contributed by atoms with Crippen LogP contribution in [-0.2, 0) is 11.3 Å². The quantitative estimate of drug-likeness (QED) is 0.822. The highest BCUT2D eigenvalue weighted by Gasteiger charge is 2.23. The average molecular weight is 248 g/mol. The third kappa shape index (κ3) is 2.15. The topological polar surface area (TPSA) is 66.0 Å². The molecule has 1 fully saturated rings. The molecule has 2 aromatic heterocycles. The summed E-state index contributed by atoms with van der Waals surface area (Å²) in [4.78, 5) is 4.42. The van der Waals surface area contributed by atoms with Crippen LogP contribution in [0.25, 0.3) is 0 Å². The fraction of sp³-hybridized carbons (Fsp3) is 0.583. The maximum atomic E-state index is 5.32. The van der Waals surface area contributed by atoms with Crippen LogP contribution in [0.3, 0.4) is 0 Å². The summed E-state index contributed by atoms with van der Waals surface area (Å²) in [7, 11) is 0. The zero-order chi connectivity index (χ0) is 12.5. The predicted octanol–water partition coefficient (Wildman–Crippen LogP) is 1.44. The Kier molecular flexibility index (Phi) is 2.87. The fourth-order valence-electron chi connectivity index (χ4n) is 2.20. The van der Waals surface area contributed by atoms with Gasteiger partial charge in [-0.3, -0.25) is 4.68 Å². The lowest BCUT2D eigenvalue weighted by atomic mass is 10.1. The highest BCUT2D eigenvalue weighted by atomic mass is 16.5. The van der Waals surface area contributed by atoms with Crippen molar-refractivity contribution in [3.05, 3.63) is 29.2 Å². The number of ether oxygens (including phenoxy) is 1. The molecule has 0 radical (unpaired) electrons. The summed E-state index contributed by atoms with van der Waals surface area (Å²) in [5, 5.41) is 8.40. The highest BCUT2D eigenvalue weighted by molar-refractivity contribution is 5.07. The maximum absolute atomic E-state index is 5.32. The average Bonchev–Trinajstić information content (AvgIpc) is 3.02. The molecule has 1 atom stereocenters. The van der Waals surface area contributed by atoms with E-state index in [9.17, 15) is 0 Å². The molecule has 0 amide bonds. The normalized spacial score (nSPS) is 19.6. The van der Waals surface area contributed by atoms with Gasteiger partial charge >= 0.3 is 0 Å². The van der Waals surface area contributed by atoms with Crippen LogP contribution in [-0.4, -0.2) is 33.1 Å². The van der Waals surface area contributed by atoms with Crippen LogP contribution in [0.4, 0.5) is 0 Å². The Morgan fingerprint density at radius 2 is 2.33 bits per heavy atom. The van der Waals surface area contributed by atoms with Crippen LogP contribution in [0, 0.1) is 13.8 Å². The number of aryl methyl sites for hydroxylation is 2. The molecule has 6 heteroatoms. The molecule has 6 nitrogen and oxygen atoms in total. The van der Waals surface area contributed by atoms with E-state index in [2.05, 4.69) is 15.2 Å². The van der Waals surface area contributed by atoms with Gasteiger partial charge in [0.25, 0.3) is 0 Å². The lowest BCUT2D eigenvalue weighted by Gasteiger charge is -1.99. The monoisotopic (exact) mass is 248 g/mol. The number of hydrogen-bond acceptors (Lipinski definition) is 5. The summed E-state index contributed by atoms with van der Waals surface area (Å²) in [6, 6.07) is 2.03. The van der Waals surface area contributed by atoms with Crippen molar-refractivity contribution >= 4 is 0 Å². The SMILES string of the molecule is Cc1cc(C)n(Cc2nc([C@@H]3CCOC3)no2)n1. The minimum atomic E-state index is 0.281. The lowest BCUT2D eigenvalue weighted by molar-refractivity contribution is 0.192. The molecule has 0 aliphatic carbocycles. The molecule has 1 aliphatic heterocycles. The second kappa shape index (κ2) is 4.53. The van der Waals surface area contributed by atoms with Crippen LogP contribution >= 0.6 is 0 Å². The van der Waals surface area contributed by atoms with E-state index in [1.165, 1.54) is 0 Å². The molecule has 0 bridgehead atoms. The fourth-order valence-corrected chi connectivity index (χ4v) is 2.20. The van der Waals surface area contributed by atoms with Gasteiger partial charge in [-0.05, 0) is 26.3 Å². The van der Waals surface area contributed by atoms with Crippen LogP contribution in [0.2, 0.25) is 0 Å². The lowest BCUT2D eigenvalue weighted by Crippen LogP contribution is -2.05. The summed E-state index contributed by atoms with van der Waals surface area (Å²) in [5.41, 5.74) is 2.09. The molecule has 0 aromatic carbocycles. The van der Waals surface area contributed by atoms with Gasteiger partial charge in [-0.15, -0.1) is 0 Å². The van der Waals surface area contributed by atoms with Crippen LogP contribution < -0.4 is 0 Å². The first-order chi connectivity index (χ1) is 8.72. The van der Waals surface area contributed by atoms with Gasteiger partial charge in [0.2, 0.25) is 5.89 Å². The molecule has 2 aromatic rings. The molecule has 3 heterocycles. The van der Waals surface area contributed by atoms with Crippen LogP contribution in [0.5, 0.6) is 0 Å². The number of hydrogen-bond donors (Lipinski definition) is 0. The van der Waals surface area contributed by atoms with Crippen molar-refractivity contribution in [2.24, 2.45) is 0 Å². The van der Waals surface area contributed by atoms with Gasteiger partial charge in [0.1, 0.15) is 6.54 Å². The van der Waals surface area contributed by atoms with Gasteiger partial charge in [0, 0.05) is 18.2 Å². The van der Waals surface area contributed by atoms with E-state index in [-0.39, 0.29) is 5.92 Å². The number of aromatic nitrogens is 4. The van der Waals surface area contributed by atoms with Crippen molar-refractivity contribution in [3.8, 4) is 0 Å². The van der Waals surface area contributed by atoms with E-state index >= 15 is 0 Å². The van der Waals surface area contributed by atoms with E-state index in [0.717, 1.165) is 30.2 Å². The summed E-state index contributed by atoms with van der Waals surface area (Å²) in [6.07, 6.45) is 0.971. The van der Waals surface area contributed by atoms with Crippen molar-refractivity contribution in [3.63, 3.8) is 0 Å². The Balaban J connectivity index is 1.75. The van der Waals surface area contributed by atoms with Crippen LogP contribution in [0.1, 0.15) is 35.4 Å². The van der Waals surface area contributed by atoms with E-state index in [4.69, 9.17) is 9.26 Å². The summed E-state index contributed by atoms with van der Waals surface area (Å²) < 4.78 is 12.5. The van der Waals surface area contributed by atoms with Gasteiger partial charge in [-0.25, -0.2) is 0 Å². The summed E-state index contributed by atoms with van der Waals surface area (Å²) >= 11 is 0. The zero-order valence-corrected chi connectivity index (χ0v) is 10.6. The Labute approximate surface area is 105 Å². The molecule has 0 unspecified atom stereocenters. The van der Waals surface area contributed by atoms with E-state index in [1.54, 1.807) is 0 Å². The third-order valence-electron chi connectivity index (χ3n) is 3.17. The third-order valence-corrected chi connectivity index (χ3v) is 3.17. The first kappa shape index (κ1) is 11.4. The molecular weight excluding hydrogens is 232 g/mol. The molecule has 0 spiro atoms. The Morgan fingerprint density at radius 3 is 3.00 bits per heavy atom. The van der Waals surface area contributed by atoms with Gasteiger partial charge < -0.3 is 9.26 Å². The van der Waals surface area contributed by atoms with Crippen molar-refractivity contribution in [2.75, 3.05) is 13.2 Å². The van der Waals surface area contributed by atoms with Gasteiger partial charge in [0.15, 0.2) is 5.82 Å². The number of rotatable bonds is 3. The van der Waals surface area contributed by atoms with E-state index < -0.39 is 0 Å². The molecule has 1 saturated heterocycles. The van der Waals surface area contributed by atoms with E-state index in [1.807, 2.05) is 24.6 Å². The first-order valence-electron chi connectivity index (χ1n) is 6.13. The van der Waals surface area contributed by atoms with Crippen molar-refractivity contribution in [1.29, 1.82) is 0 Å². The predicted molar refractivity (Wildman–Crippen MR) is 63.3 cm³/mol. The minimum absolute atomic E-state index is 0.281. The number of nitrogens with zero attached hydrogens (tertiary/aromatic N) is 4.